The van der Waals surface area contributed by atoms with Crippen LogP contribution in [0.2, 0.25) is 0 Å². The third kappa shape index (κ3) is 3.98. The van der Waals surface area contributed by atoms with E-state index in [1.54, 1.807) is 7.11 Å². The summed E-state index contributed by atoms with van der Waals surface area (Å²) in [4.78, 5) is 4.74. The Hall–Kier alpha value is -4.13. The maximum Gasteiger partial charge on any atom is 0.247 e. The van der Waals surface area contributed by atoms with E-state index in [2.05, 4.69) is 10.2 Å². The van der Waals surface area contributed by atoms with E-state index < -0.39 is 0 Å². The predicted octanol–water partition coefficient (Wildman–Crippen LogP) is 4.72. The van der Waals surface area contributed by atoms with Crippen molar-refractivity contribution in [3.63, 3.8) is 0 Å². The van der Waals surface area contributed by atoms with Gasteiger partial charge < -0.3 is 18.5 Å². The van der Waals surface area contributed by atoms with Crippen LogP contribution in [0.5, 0.6) is 11.5 Å². The van der Waals surface area contributed by atoms with E-state index in [4.69, 9.17) is 18.9 Å². The molecule has 3 aromatic carbocycles. The maximum atomic E-state index is 5.93. The molecule has 154 valence electrons. The van der Waals surface area contributed by atoms with E-state index >= 15 is 0 Å². The van der Waals surface area contributed by atoms with E-state index in [0.717, 1.165) is 33.9 Å². The number of ether oxygens (including phenoxy) is 2. The molecule has 0 N–H and O–H groups in total. The Kier molecular flexibility index (Phi) is 5.06. The second-order valence-corrected chi connectivity index (χ2v) is 6.93. The second kappa shape index (κ2) is 8.31. The Morgan fingerprint density at radius 1 is 0.839 bits per heavy atom. The minimum Gasteiger partial charge on any atom is -0.497 e. The van der Waals surface area contributed by atoms with Crippen LogP contribution in [0.4, 0.5) is 0 Å². The first-order valence-electron chi connectivity index (χ1n) is 9.89. The molecule has 0 radical (unpaired) electrons. The molecular weight excluding hydrogens is 392 g/mol. The lowest BCUT2D eigenvalue weighted by Gasteiger charge is -2.08. The smallest absolute Gasteiger partial charge is 0.247 e. The van der Waals surface area contributed by atoms with Gasteiger partial charge in [0.15, 0.2) is 0 Å². The quantitative estimate of drug-likeness (QED) is 0.385. The van der Waals surface area contributed by atoms with E-state index in [0.29, 0.717) is 24.9 Å². The molecule has 5 rings (SSSR count). The molecule has 0 aliphatic heterocycles. The fourth-order valence-electron chi connectivity index (χ4n) is 3.38. The van der Waals surface area contributed by atoms with Crippen molar-refractivity contribution in [1.82, 2.24) is 19.7 Å². The molecule has 0 amide bonds. The summed E-state index contributed by atoms with van der Waals surface area (Å²) in [7, 11) is 1.63. The van der Waals surface area contributed by atoms with Crippen molar-refractivity contribution in [2.75, 3.05) is 7.11 Å². The average molecular weight is 412 g/mol. The van der Waals surface area contributed by atoms with Gasteiger partial charge in [-0.15, -0.1) is 10.2 Å². The van der Waals surface area contributed by atoms with Crippen LogP contribution in [0.1, 0.15) is 11.7 Å². The Bertz CT molecular complexity index is 1290. The summed E-state index contributed by atoms with van der Waals surface area (Å²) < 4.78 is 19.1. The van der Waals surface area contributed by atoms with Crippen LogP contribution in [0.15, 0.2) is 83.3 Å². The fraction of sp³-hybridized carbons (Fsp3) is 0.125. The SMILES string of the molecule is COc1ccc(-c2nnc(Cn3c(COc4ccccc4)nc4ccccc43)o2)cc1. The van der Waals surface area contributed by atoms with Crippen LogP contribution in [0, 0.1) is 0 Å². The number of methoxy groups -OCH3 is 1. The molecule has 31 heavy (non-hydrogen) atoms. The van der Waals surface area contributed by atoms with Gasteiger partial charge in [0.2, 0.25) is 11.8 Å². The number of hydrogen-bond donors (Lipinski definition) is 0. The summed E-state index contributed by atoms with van der Waals surface area (Å²) in [5.74, 6) is 3.31. The molecule has 0 saturated carbocycles. The molecule has 7 heteroatoms. The topological polar surface area (TPSA) is 75.2 Å². The highest BCUT2D eigenvalue weighted by molar-refractivity contribution is 5.76. The van der Waals surface area contributed by atoms with Crippen LogP contribution >= 0.6 is 0 Å². The summed E-state index contributed by atoms with van der Waals surface area (Å²) in [6.45, 7) is 0.731. The van der Waals surface area contributed by atoms with Gasteiger partial charge in [0.25, 0.3) is 0 Å². The van der Waals surface area contributed by atoms with Gasteiger partial charge in [-0.1, -0.05) is 30.3 Å². The molecule has 0 bridgehead atoms. The highest BCUT2D eigenvalue weighted by Crippen LogP contribution is 2.23. The van der Waals surface area contributed by atoms with Crippen LogP contribution in [-0.4, -0.2) is 26.9 Å². The lowest BCUT2D eigenvalue weighted by molar-refractivity contribution is 0.290. The van der Waals surface area contributed by atoms with Gasteiger partial charge >= 0.3 is 0 Å². The average Bonchev–Trinajstić information content (AvgIpc) is 3.44. The van der Waals surface area contributed by atoms with Crippen molar-refractivity contribution in [1.29, 1.82) is 0 Å². The number of para-hydroxylation sites is 3. The van der Waals surface area contributed by atoms with Gasteiger partial charge in [-0.3, -0.25) is 0 Å². The fourth-order valence-corrected chi connectivity index (χ4v) is 3.38. The van der Waals surface area contributed by atoms with Crippen molar-refractivity contribution in [2.45, 2.75) is 13.2 Å². The molecule has 7 nitrogen and oxygen atoms in total. The summed E-state index contributed by atoms with van der Waals surface area (Å²) in [6.07, 6.45) is 0. The standard InChI is InChI=1S/C24H20N4O3/c1-29-18-13-11-17(12-14-18)24-27-26-23(31-24)15-28-21-10-6-5-9-20(21)25-22(28)16-30-19-7-3-2-4-8-19/h2-14H,15-16H2,1H3. The normalized spacial score (nSPS) is 11.0. The van der Waals surface area contributed by atoms with Crippen molar-refractivity contribution < 1.29 is 13.9 Å². The second-order valence-electron chi connectivity index (χ2n) is 6.93. The van der Waals surface area contributed by atoms with Gasteiger partial charge in [0.05, 0.1) is 18.1 Å². The van der Waals surface area contributed by atoms with Crippen LogP contribution in [0.3, 0.4) is 0 Å². The van der Waals surface area contributed by atoms with Crippen molar-refractivity contribution in [3.05, 3.63) is 90.6 Å². The zero-order chi connectivity index (χ0) is 21.0. The molecule has 5 aromatic rings. The number of nitrogens with zero attached hydrogens (tertiary/aromatic N) is 4. The molecule has 0 spiro atoms. The third-order valence-electron chi connectivity index (χ3n) is 4.94. The lowest BCUT2D eigenvalue weighted by atomic mass is 10.2. The highest BCUT2D eigenvalue weighted by atomic mass is 16.5. The minimum absolute atomic E-state index is 0.332. The summed E-state index contributed by atoms with van der Waals surface area (Å²) >= 11 is 0. The summed E-state index contributed by atoms with van der Waals surface area (Å²) in [6, 6.07) is 25.1. The van der Waals surface area contributed by atoms with Crippen LogP contribution in [-0.2, 0) is 13.2 Å². The molecule has 0 aliphatic carbocycles. The lowest BCUT2D eigenvalue weighted by Crippen LogP contribution is -2.08. The number of hydrogen-bond acceptors (Lipinski definition) is 6. The molecule has 0 aliphatic rings. The van der Waals surface area contributed by atoms with Gasteiger partial charge in [-0.2, -0.15) is 0 Å². The highest BCUT2D eigenvalue weighted by Gasteiger charge is 2.15. The Morgan fingerprint density at radius 2 is 1.61 bits per heavy atom. The molecular formula is C24H20N4O3. The minimum atomic E-state index is 0.332. The van der Waals surface area contributed by atoms with E-state index in [-0.39, 0.29) is 0 Å². The number of fused-ring (bicyclic) bond motifs is 1. The monoisotopic (exact) mass is 412 g/mol. The molecule has 0 saturated heterocycles. The Labute approximate surface area is 178 Å². The number of benzene rings is 3. The number of rotatable bonds is 7. The first kappa shape index (κ1) is 18.9. The first-order valence-corrected chi connectivity index (χ1v) is 9.89. The van der Waals surface area contributed by atoms with E-state index in [1.807, 2.05) is 83.4 Å². The van der Waals surface area contributed by atoms with Crippen LogP contribution < -0.4 is 9.47 Å². The van der Waals surface area contributed by atoms with E-state index in [1.165, 1.54) is 0 Å². The van der Waals surface area contributed by atoms with E-state index in [9.17, 15) is 0 Å². The van der Waals surface area contributed by atoms with Crippen molar-refractivity contribution >= 4 is 11.0 Å². The first-order chi connectivity index (χ1) is 15.3. The third-order valence-corrected chi connectivity index (χ3v) is 4.94. The summed E-state index contributed by atoms with van der Waals surface area (Å²) in [5.41, 5.74) is 2.71. The predicted molar refractivity (Wildman–Crippen MR) is 116 cm³/mol. The largest absolute Gasteiger partial charge is 0.497 e. The van der Waals surface area contributed by atoms with Gasteiger partial charge in [-0.05, 0) is 48.5 Å². The van der Waals surface area contributed by atoms with Gasteiger partial charge in [0.1, 0.15) is 30.5 Å². The van der Waals surface area contributed by atoms with Gasteiger partial charge in [0, 0.05) is 5.56 Å². The zero-order valence-corrected chi connectivity index (χ0v) is 16.9. The zero-order valence-electron chi connectivity index (χ0n) is 16.9. The molecule has 0 unspecified atom stereocenters. The van der Waals surface area contributed by atoms with Crippen molar-refractivity contribution in [3.8, 4) is 23.0 Å². The molecule has 0 fully saturated rings. The molecule has 2 heterocycles. The number of aromatic nitrogens is 4. The van der Waals surface area contributed by atoms with Crippen molar-refractivity contribution in [2.24, 2.45) is 0 Å². The van der Waals surface area contributed by atoms with Crippen LogP contribution in [0.25, 0.3) is 22.5 Å². The number of imidazole rings is 1. The summed E-state index contributed by atoms with van der Waals surface area (Å²) in [5, 5.41) is 8.44. The maximum absolute atomic E-state index is 5.93. The van der Waals surface area contributed by atoms with Gasteiger partial charge in [-0.25, -0.2) is 4.98 Å². The molecule has 0 atom stereocenters. The Balaban J connectivity index is 1.42. The molecule has 2 aromatic heterocycles. The Morgan fingerprint density at radius 3 is 2.42 bits per heavy atom.